The van der Waals surface area contributed by atoms with E-state index < -0.39 is 16.7 Å². The predicted molar refractivity (Wildman–Crippen MR) is 46.6 cm³/mol. The molecule has 77 valence electrons. The summed E-state index contributed by atoms with van der Waals surface area (Å²) in [5.74, 6) is 0. The maximum atomic E-state index is 12.0. The topological polar surface area (TPSA) is 37.2 Å². The molecule has 1 aromatic rings. The molecule has 1 atom stereocenters. The van der Waals surface area contributed by atoms with Gasteiger partial charge in [-0.05, 0) is 24.3 Å². The van der Waals surface area contributed by atoms with Gasteiger partial charge in [0.1, 0.15) is 0 Å². The number of hydrogen-bond donors (Lipinski definition) is 0. The molecule has 2 nitrogen and oxygen atoms in total. The van der Waals surface area contributed by atoms with Crippen LogP contribution in [0.4, 0.5) is 18.9 Å². The molecule has 1 aromatic carbocycles. The first-order valence-corrected chi connectivity index (χ1v) is 4.78. The van der Waals surface area contributed by atoms with E-state index in [0.717, 1.165) is 12.1 Å². The minimum Gasteiger partial charge on any atom is -0.604 e. The van der Waals surface area contributed by atoms with Crippen LogP contribution in [0.2, 0.25) is 0 Å². The van der Waals surface area contributed by atoms with E-state index in [2.05, 4.69) is 5.32 Å². The lowest BCUT2D eigenvalue weighted by Crippen LogP contribution is -2.23. The smallest absolute Gasteiger partial charge is 0.578 e. The monoisotopic (exact) mass is 222 g/mol. The van der Waals surface area contributed by atoms with E-state index in [-0.39, 0.29) is 4.90 Å². The van der Waals surface area contributed by atoms with Crippen molar-refractivity contribution in [2.45, 2.75) is 10.4 Å². The Morgan fingerprint density at radius 3 is 2.07 bits per heavy atom. The molecule has 0 saturated heterocycles. The summed E-state index contributed by atoms with van der Waals surface area (Å²) >= 11 is -2.95. The number of nitrogens with zero attached hydrogens (tertiary/aromatic N) is 1. The van der Waals surface area contributed by atoms with Crippen LogP contribution in [0, 0.1) is 0 Å². The van der Waals surface area contributed by atoms with Gasteiger partial charge in [-0.25, -0.2) is 0 Å². The number of rotatable bonds is 2. The molecule has 6 heteroatoms. The van der Waals surface area contributed by atoms with Crippen molar-refractivity contribution >= 4 is 16.9 Å². The highest BCUT2D eigenvalue weighted by atomic mass is 32.2. The van der Waals surface area contributed by atoms with E-state index >= 15 is 0 Å². The highest BCUT2D eigenvalue weighted by Crippen LogP contribution is 2.30. The van der Waals surface area contributed by atoms with Gasteiger partial charge in [-0.2, -0.15) is 0 Å². The fourth-order valence-electron chi connectivity index (χ4n) is 0.852. The van der Waals surface area contributed by atoms with E-state index in [4.69, 9.17) is 0 Å². The summed E-state index contributed by atoms with van der Waals surface area (Å²) in [6, 6.07) is 5.09. The zero-order valence-corrected chi connectivity index (χ0v) is 8.02. The second-order valence-electron chi connectivity index (χ2n) is 2.43. The number of alkyl halides is 3. The van der Waals surface area contributed by atoms with Gasteiger partial charge < -0.3 is 4.55 Å². The lowest BCUT2D eigenvalue weighted by molar-refractivity contribution is -0.0435. The molecule has 1 radical (unpaired) electrons. The maximum Gasteiger partial charge on any atom is 0.578 e. The van der Waals surface area contributed by atoms with Gasteiger partial charge in [0.2, 0.25) is 0 Å². The first-order chi connectivity index (χ1) is 6.45. The zero-order valence-electron chi connectivity index (χ0n) is 7.21. The fraction of sp³-hybridized carbons (Fsp3) is 0.250. The Morgan fingerprint density at radius 1 is 1.21 bits per heavy atom. The Hall–Kier alpha value is -0.880. The normalized spacial score (nSPS) is 13.8. The largest absolute Gasteiger partial charge is 0.604 e. The van der Waals surface area contributed by atoms with Crippen molar-refractivity contribution in [3.8, 4) is 0 Å². The van der Waals surface area contributed by atoms with E-state index in [0.29, 0.717) is 5.69 Å². The summed E-state index contributed by atoms with van der Waals surface area (Å²) in [6.07, 6.45) is 0. The summed E-state index contributed by atoms with van der Waals surface area (Å²) < 4.78 is 46.8. The van der Waals surface area contributed by atoms with Crippen LogP contribution in [-0.2, 0) is 11.2 Å². The Kier molecular flexibility index (Phi) is 3.28. The molecule has 0 bridgehead atoms. The van der Waals surface area contributed by atoms with Gasteiger partial charge in [-0.1, -0.05) is 0 Å². The molecular weight excluding hydrogens is 215 g/mol. The van der Waals surface area contributed by atoms with Crippen molar-refractivity contribution in [3.63, 3.8) is 0 Å². The lowest BCUT2D eigenvalue weighted by Gasteiger charge is -2.11. The molecule has 0 spiro atoms. The average Bonchev–Trinajstić information content (AvgIpc) is 2.15. The number of hydrogen-bond acceptors (Lipinski definition) is 1. The molecule has 0 aliphatic rings. The Bertz CT molecular complexity index is 298. The molecular formula is C8H7F3NOS. The first kappa shape index (κ1) is 11.2. The minimum atomic E-state index is -4.70. The van der Waals surface area contributed by atoms with Crippen LogP contribution in [0.15, 0.2) is 29.2 Å². The molecule has 0 fully saturated rings. The van der Waals surface area contributed by atoms with Crippen LogP contribution >= 0.6 is 0 Å². The van der Waals surface area contributed by atoms with Gasteiger partial charge >= 0.3 is 5.51 Å². The maximum absolute atomic E-state index is 12.0. The summed E-state index contributed by atoms with van der Waals surface area (Å²) in [4.78, 5) is -0.259. The van der Waals surface area contributed by atoms with Crippen molar-refractivity contribution in [2.24, 2.45) is 0 Å². The second-order valence-corrected chi connectivity index (χ2v) is 3.90. The number of halogens is 3. The average molecular weight is 222 g/mol. The van der Waals surface area contributed by atoms with E-state index in [1.165, 1.54) is 19.2 Å². The number of benzene rings is 1. The lowest BCUT2D eigenvalue weighted by atomic mass is 10.3. The fourth-order valence-corrected chi connectivity index (χ4v) is 1.50. The zero-order chi connectivity index (χ0) is 10.8. The molecule has 0 amide bonds. The third kappa shape index (κ3) is 2.55. The standard InChI is InChI=1S/C8H7F3NOS/c1-12-6-2-4-7(5-3-6)14(13)8(9,10)11/h2-5H,1H3. The summed E-state index contributed by atoms with van der Waals surface area (Å²) in [5, 5.41) is 3.75. The van der Waals surface area contributed by atoms with Crippen LogP contribution in [0.5, 0.6) is 0 Å². The van der Waals surface area contributed by atoms with Crippen LogP contribution in [0.25, 0.3) is 0 Å². The molecule has 0 aromatic heterocycles. The SMILES string of the molecule is C[N]c1ccc([S+]([O-])C(F)(F)F)cc1. The highest BCUT2D eigenvalue weighted by molar-refractivity contribution is 7.92. The van der Waals surface area contributed by atoms with Crippen molar-refractivity contribution in [3.05, 3.63) is 24.3 Å². The Morgan fingerprint density at radius 2 is 1.71 bits per heavy atom. The predicted octanol–water partition coefficient (Wildman–Crippen LogP) is 2.18. The summed E-state index contributed by atoms with van der Waals surface area (Å²) in [7, 11) is 1.52. The molecule has 1 unspecified atom stereocenters. The molecule has 0 aliphatic heterocycles. The van der Waals surface area contributed by atoms with Crippen molar-refractivity contribution in [1.29, 1.82) is 0 Å². The summed E-state index contributed by atoms with van der Waals surface area (Å²) in [5.41, 5.74) is -4.15. The highest BCUT2D eigenvalue weighted by Gasteiger charge is 2.45. The van der Waals surface area contributed by atoms with Crippen molar-refractivity contribution < 1.29 is 17.7 Å². The Balaban J connectivity index is 2.87. The van der Waals surface area contributed by atoms with Crippen LogP contribution in [0.1, 0.15) is 0 Å². The third-order valence-electron chi connectivity index (χ3n) is 1.52. The van der Waals surface area contributed by atoms with E-state index in [1.807, 2.05) is 0 Å². The Labute approximate surface area is 82.3 Å². The molecule has 1 rings (SSSR count). The minimum absolute atomic E-state index is 0.259. The van der Waals surface area contributed by atoms with Crippen molar-refractivity contribution in [1.82, 2.24) is 5.32 Å². The molecule has 14 heavy (non-hydrogen) atoms. The van der Waals surface area contributed by atoms with Crippen LogP contribution in [-0.4, -0.2) is 17.1 Å². The van der Waals surface area contributed by atoms with Gasteiger partial charge in [-0.15, -0.1) is 13.2 Å². The second kappa shape index (κ2) is 4.10. The van der Waals surface area contributed by atoms with Crippen molar-refractivity contribution in [2.75, 3.05) is 7.05 Å². The van der Waals surface area contributed by atoms with Crippen LogP contribution < -0.4 is 5.32 Å². The van der Waals surface area contributed by atoms with Gasteiger partial charge in [-0.3, -0.25) is 5.32 Å². The van der Waals surface area contributed by atoms with Gasteiger partial charge in [0, 0.05) is 7.05 Å². The van der Waals surface area contributed by atoms with E-state index in [9.17, 15) is 17.7 Å². The first-order valence-electron chi connectivity index (χ1n) is 3.63. The molecule has 0 heterocycles. The van der Waals surface area contributed by atoms with Gasteiger partial charge in [0.25, 0.3) is 0 Å². The van der Waals surface area contributed by atoms with Gasteiger partial charge in [0.05, 0.1) is 16.9 Å². The van der Waals surface area contributed by atoms with Gasteiger partial charge in [0.15, 0.2) is 4.90 Å². The quantitative estimate of drug-likeness (QED) is 0.706. The van der Waals surface area contributed by atoms with Crippen LogP contribution in [0.3, 0.4) is 0 Å². The molecule has 0 N–H and O–H groups in total. The van der Waals surface area contributed by atoms with E-state index in [1.54, 1.807) is 0 Å². The summed E-state index contributed by atoms with van der Waals surface area (Å²) in [6.45, 7) is 0. The molecule has 0 saturated carbocycles. The third-order valence-corrected chi connectivity index (χ3v) is 2.64. The molecule has 0 aliphatic carbocycles.